The van der Waals surface area contributed by atoms with Gasteiger partial charge in [-0.15, -0.1) is 0 Å². The summed E-state index contributed by atoms with van der Waals surface area (Å²) < 4.78 is 0. The van der Waals surface area contributed by atoms with Crippen LogP contribution in [0.5, 0.6) is 0 Å². The van der Waals surface area contributed by atoms with Crippen molar-refractivity contribution in [3.05, 3.63) is 35.4 Å². The van der Waals surface area contributed by atoms with E-state index in [4.69, 9.17) is 0 Å². The molecule has 142 valence electrons. The lowest BCUT2D eigenvalue weighted by Gasteiger charge is -2.34. The van der Waals surface area contributed by atoms with Gasteiger partial charge in [0.05, 0.1) is 0 Å². The number of piperazine rings is 1. The molecule has 2 saturated heterocycles. The largest absolute Gasteiger partial charge is 0.338 e. The second-order valence-electron chi connectivity index (χ2n) is 7.34. The van der Waals surface area contributed by atoms with Gasteiger partial charge in [-0.2, -0.15) is 0 Å². The lowest BCUT2D eigenvalue weighted by atomic mass is 9.89. The van der Waals surface area contributed by atoms with Gasteiger partial charge < -0.3 is 20.0 Å². The first-order valence-corrected chi connectivity index (χ1v) is 9.69. The topological polar surface area (TPSA) is 55.9 Å². The van der Waals surface area contributed by atoms with Gasteiger partial charge in [-0.25, -0.2) is 4.79 Å². The highest BCUT2D eigenvalue weighted by Crippen LogP contribution is 2.28. The summed E-state index contributed by atoms with van der Waals surface area (Å²) in [5.74, 6) is 0.419. The number of amides is 3. The molecule has 1 aromatic carbocycles. The minimum atomic E-state index is 0.0156. The zero-order valence-electron chi connectivity index (χ0n) is 15.9. The van der Waals surface area contributed by atoms with E-state index < -0.39 is 0 Å². The molecule has 0 bridgehead atoms. The zero-order valence-corrected chi connectivity index (χ0v) is 15.9. The molecule has 2 heterocycles. The van der Waals surface area contributed by atoms with E-state index in [0.717, 1.165) is 57.7 Å². The predicted octanol–water partition coefficient (Wildman–Crippen LogP) is 1.98. The van der Waals surface area contributed by atoms with E-state index in [0.29, 0.717) is 12.5 Å². The van der Waals surface area contributed by atoms with Crippen molar-refractivity contribution in [2.24, 2.45) is 0 Å². The van der Waals surface area contributed by atoms with E-state index in [-0.39, 0.29) is 11.9 Å². The maximum absolute atomic E-state index is 12.8. The summed E-state index contributed by atoms with van der Waals surface area (Å²) in [4.78, 5) is 31.1. The molecule has 1 aromatic rings. The normalized spacial score (nSPS) is 21.5. The van der Waals surface area contributed by atoms with Crippen LogP contribution in [0.1, 0.15) is 41.6 Å². The molecular formula is C20H30N4O2. The first-order chi connectivity index (χ1) is 12.6. The quantitative estimate of drug-likeness (QED) is 0.899. The number of nitrogens with zero attached hydrogens (tertiary/aromatic N) is 3. The summed E-state index contributed by atoms with van der Waals surface area (Å²) in [6.45, 7) is 7.54. The van der Waals surface area contributed by atoms with Crippen molar-refractivity contribution in [1.29, 1.82) is 0 Å². The van der Waals surface area contributed by atoms with Gasteiger partial charge in [0.2, 0.25) is 0 Å². The van der Waals surface area contributed by atoms with Crippen LogP contribution in [0.2, 0.25) is 0 Å². The third-order valence-electron chi connectivity index (χ3n) is 5.43. The molecule has 0 radical (unpaired) electrons. The minimum absolute atomic E-state index is 0.0156. The van der Waals surface area contributed by atoms with Crippen LogP contribution in [0.15, 0.2) is 24.3 Å². The van der Waals surface area contributed by atoms with Gasteiger partial charge in [0.15, 0.2) is 0 Å². The van der Waals surface area contributed by atoms with Gasteiger partial charge in [-0.1, -0.05) is 12.1 Å². The Morgan fingerprint density at radius 3 is 2.62 bits per heavy atom. The molecule has 1 unspecified atom stereocenters. The van der Waals surface area contributed by atoms with Crippen molar-refractivity contribution in [2.75, 3.05) is 52.9 Å². The summed E-state index contributed by atoms with van der Waals surface area (Å²) in [5, 5.41) is 2.89. The average Bonchev–Trinajstić information content (AvgIpc) is 2.68. The Morgan fingerprint density at radius 2 is 1.88 bits per heavy atom. The van der Waals surface area contributed by atoms with Crippen LogP contribution in [0.4, 0.5) is 4.79 Å². The molecular weight excluding hydrogens is 328 g/mol. The molecule has 0 saturated carbocycles. The molecule has 2 fully saturated rings. The Morgan fingerprint density at radius 1 is 1.12 bits per heavy atom. The molecule has 3 amide bonds. The maximum atomic E-state index is 12.8. The van der Waals surface area contributed by atoms with Crippen molar-refractivity contribution in [3.63, 3.8) is 0 Å². The van der Waals surface area contributed by atoms with Gasteiger partial charge in [0, 0.05) is 57.3 Å². The van der Waals surface area contributed by atoms with Crippen LogP contribution in [-0.2, 0) is 0 Å². The smallest absolute Gasteiger partial charge is 0.317 e. The lowest BCUT2D eigenvalue weighted by Crippen LogP contribution is -2.47. The Hall–Kier alpha value is -2.08. The highest BCUT2D eigenvalue weighted by molar-refractivity contribution is 5.94. The molecule has 0 aliphatic carbocycles. The third-order valence-corrected chi connectivity index (χ3v) is 5.43. The number of carbonyl (C=O) groups is 2. The standard InChI is InChI=1S/C20H30N4O2/c1-3-21-20(26)24-9-5-8-18(15-24)16-6-4-7-17(14-16)19(25)23-12-10-22(2)11-13-23/h4,6-7,14,18H,3,5,8-13,15H2,1-2H3,(H,21,26). The van der Waals surface area contributed by atoms with Gasteiger partial charge >= 0.3 is 6.03 Å². The molecule has 2 aliphatic rings. The van der Waals surface area contributed by atoms with Crippen LogP contribution in [0.3, 0.4) is 0 Å². The fraction of sp³-hybridized carbons (Fsp3) is 0.600. The summed E-state index contributed by atoms with van der Waals surface area (Å²) in [7, 11) is 2.09. The molecule has 6 heteroatoms. The van der Waals surface area contributed by atoms with Gasteiger partial charge in [-0.3, -0.25) is 4.79 Å². The number of nitrogens with one attached hydrogen (secondary N) is 1. The number of benzene rings is 1. The number of piperidine rings is 1. The van der Waals surface area contributed by atoms with Crippen LogP contribution >= 0.6 is 0 Å². The van der Waals surface area contributed by atoms with Crippen molar-refractivity contribution < 1.29 is 9.59 Å². The summed E-state index contributed by atoms with van der Waals surface area (Å²) >= 11 is 0. The predicted molar refractivity (Wildman–Crippen MR) is 102 cm³/mol. The van der Waals surface area contributed by atoms with E-state index >= 15 is 0 Å². The van der Waals surface area contributed by atoms with Gasteiger partial charge in [0.25, 0.3) is 5.91 Å². The number of rotatable bonds is 3. The minimum Gasteiger partial charge on any atom is -0.338 e. The Bertz CT molecular complexity index is 640. The van der Waals surface area contributed by atoms with E-state index in [1.807, 2.05) is 34.9 Å². The lowest BCUT2D eigenvalue weighted by molar-refractivity contribution is 0.0664. The van der Waals surface area contributed by atoms with Crippen molar-refractivity contribution >= 4 is 11.9 Å². The monoisotopic (exact) mass is 358 g/mol. The van der Waals surface area contributed by atoms with Crippen LogP contribution < -0.4 is 5.32 Å². The Balaban J connectivity index is 1.68. The second-order valence-corrected chi connectivity index (χ2v) is 7.34. The Kier molecular flexibility index (Phi) is 6.14. The average molecular weight is 358 g/mol. The van der Waals surface area contributed by atoms with Crippen LogP contribution in [-0.4, -0.2) is 79.5 Å². The van der Waals surface area contributed by atoms with Crippen molar-refractivity contribution in [3.8, 4) is 0 Å². The van der Waals surface area contributed by atoms with Crippen molar-refractivity contribution in [1.82, 2.24) is 20.0 Å². The second kappa shape index (κ2) is 8.54. The molecule has 2 aliphatic heterocycles. The molecule has 0 aromatic heterocycles. The van der Waals surface area contributed by atoms with E-state index in [2.05, 4.69) is 23.3 Å². The first kappa shape index (κ1) is 18.7. The molecule has 6 nitrogen and oxygen atoms in total. The fourth-order valence-electron chi connectivity index (χ4n) is 3.81. The van der Waals surface area contributed by atoms with Crippen molar-refractivity contribution in [2.45, 2.75) is 25.7 Å². The fourth-order valence-corrected chi connectivity index (χ4v) is 3.81. The van der Waals surface area contributed by atoms with E-state index in [1.165, 1.54) is 5.56 Å². The molecule has 1 N–H and O–H groups in total. The Labute approximate surface area is 156 Å². The molecule has 0 spiro atoms. The van der Waals surface area contributed by atoms with Crippen LogP contribution in [0.25, 0.3) is 0 Å². The number of hydrogen-bond donors (Lipinski definition) is 1. The molecule has 26 heavy (non-hydrogen) atoms. The summed E-state index contributed by atoms with van der Waals surface area (Å²) in [5.41, 5.74) is 1.93. The molecule has 1 atom stereocenters. The molecule has 3 rings (SSSR count). The highest BCUT2D eigenvalue weighted by atomic mass is 16.2. The SMILES string of the molecule is CCNC(=O)N1CCCC(c2cccc(C(=O)N3CCN(C)CC3)c2)C1. The first-order valence-electron chi connectivity index (χ1n) is 9.69. The zero-order chi connectivity index (χ0) is 18.5. The summed E-state index contributed by atoms with van der Waals surface area (Å²) in [6, 6.07) is 8.03. The number of hydrogen-bond acceptors (Lipinski definition) is 3. The highest BCUT2D eigenvalue weighted by Gasteiger charge is 2.26. The number of likely N-dealkylation sites (tertiary alicyclic amines) is 1. The number of likely N-dealkylation sites (N-methyl/N-ethyl adjacent to an activating group) is 1. The van der Waals surface area contributed by atoms with E-state index in [9.17, 15) is 9.59 Å². The van der Waals surface area contributed by atoms with Crippen LogP contribution in [0, 0.1) is 0 Å². The van der Waals surface area contributed by atoms with Gasteiger partial charge in [0.1, 0.15) is 0 Å². The third kappa shape index (κ3) is 4.36. The maximum Gasteiger partial charge on any atom is 0.317 e. The van der Waals surface area contributed by atoms with Gasteiger partial charge in [-0.05, 0) is 44.5 Å². The summed E-state index contributed by atoms with van der Waals surface area (Å²) in [6.07, 6.45) is 2.06. The number of urea groups is 1. The number of carbonyl (C=O) groups excluding carboxylic acids is 2. The van der Waals surface area contributed by atoms with E-state index in [1.54, 1.807) is 0 Å².